The summed E-state index contributed by atoms with van der Waals surface area (Å²) in [5, 5.41) is 25.5. The van der Waals surface area contributed by atoms with Crippen LogP contribution in [0.5, 0.6) is 0 Å². The number of rotatable bonds is 4. The van der Waals surface area contributed by atoms with E-state index in [0.717, 1.165) is 5.69 Å². The molecule has 1 aromatic carbocycles. The van der Waals surface area contributed by atoms with Crippen LogP contribution in [0.25, 0.3) is 11.0 Å². The summed E-state index contributed by atoms with van der Waals surface area (Å²) in [5.74, 6) is 0. The lowest BCUT2D eigenvalue weighted by atomic mass is 10.2. The smallest absolute Gasteiger partial charge is 0.300 e. The minimum absolute atomic E-state index is 0.126. The van der Waals surface area contributed by atoms with Crippen molar-refractivity contribution in [1.82, 2.24) is 20.1 Å². The van der Waals surface area contributed by atoms with Crippen molar-refractivity contribution in [2.75, 3.05) is 5.32 Å². The molecular weight excluding hydrogens is 264 g/mol. The number of hydrogen-bond acceptors (Lipinski definition) is 7. The minimum Gasteiger partial charge on any atom is -0.377 e. The van der Waals surface area contributed by atoms with Gasteiger partial charge in [-0.3, -0.25) is 14.8 Å². The van der Waals surface area contributed by atoms with Crippen LogP contribution in [0, 0.1) is 10.1 Å². The van der Waals surface area contributed by atoms with Gasteiger partial charge in [-0.25, -0.2) is 4.63 Å². The monoisotopic (exact) mass is 274 g/mol. The largest absolute Gasteiger partial charge is 0.377 e. The van der Waals surface area contributed by atoms with Crippen LogP contribution in [0.2, 0.25) is 0 Å². The van der Waals surface area contributed by atoms with Gasteiger partial charge in [0, 0.05) is 19.3 Å². The lowest BCUT2D eigenvalue weighted by molar-refractivity contribution is -0.383. The molecule has 9 nitrogen and oxygen atoms in total. The van der Waals surface area contributed by atoms with Crippen molar-refractivity contribution in [3.05, 3.63) is 40.2 Å². The summed E-state index contributed by atoms with van der Waals surface area (Å²) in [6.07, 6.45) is 1.83. The Balaban J connectivity index is 1.90. The number of aryl methyl sites for hydroxylation is 1. The maximum absolute atomic E-state index is 10.9. The molecule has 0 amide bonds. The Morgan fingerprint density at radius 2 is 2.15 bits per heavy atom. The van der Waals surface area contributed by atoms with Gasteiger partial charge in [0.25, 0.3) is 0 Å². The van der Waals surface area contributed by atoms with Gasteiger partial charge in [0.05, 0.1) is 22.8 Å². The zero-order valence-electron chi connectivity index (χ0n) is 10.5. The SMILES string of the molecule is Cn1ccc(CNc2ccc([N+](=O)[O-])c3nonc23)n1. The Labute approximate surface area is 112 Å². The Morgan fingerprint density at radius 3 is 2.85 bits per heavy atom. The first-order chi connectivity index (χ1) is 9.65. The molecule has 0 unspecified atom stereocenters. The molecule has 9 heteroatoms. The second-order valence-corrected chi connectivity index (χ2v) is 4.19. The third-order valence-corrected chi connectivity index (χ3v) is 2.82. The number of nitro benzene ring substituents is 1. The van der Waals surface area contributed by atoms with Gasteiger partial charge >= 0.3 is 5.69 Å². The van der Waals surface area contributed by atoms with Crippen molar-refractivity contribution in [2.45, 2.75) is 6.54 Å². The highest BCUT2D eigenvalue weighted by atomic mass is 16.6. The lowest BCUT2D eigenvalue weighted by Gasteiger charge is -2.04. The molecule has 0 aliphatic carbocycles. The van der Waals surface area contributed by atoms with E-state index in [1.165, 1.54) is 6.07 Å². The van der Waals surface area contributed by atoms with E-state index < -0.39 is 4.92 Å². The van der Waals surface area contributed by atoms with Crippen LogP contribution in [0.15, 0.2) is 29.0 Å². The van der Waals surface area contributed by atoms with E-state index in [-0.39, 0.29) is 11.2 Å². The summed E-state index contributed by atoms with van der Waals surface area (Å²) in [6, 6.07) is 4.82. The number of nitrogens with zero attached hydrogens (tertiary/aromatic N) is 5. The van der Waals surface area contributed by atoms with E-state index in [4.69, 9.17) is 0 Å². The Hall–Kier alpha value is -2.97. The Morgan fingerprint density at radius 1 is 1.35 bits per heavy atom. The first-order valence-electron chi connectivity index (χ1n) is 5.77. The summed E-state index contributed by atoms with van der Waals surface area (Å²) in [5.41, 5.74) is 1.77. The highest BCUT2D eigenvalue weighted by Crippen LogP contribution is 2.28. The maximum atomic E-state index is 10.9. The molecule has 1 N–H and O–H groups in total. The summed E-state index contributed by atoms with van der Waals surface area (Å²) >= 11 is 0. The van der Waals surface area contributed by atoms with Gasteiger partial charge in [-0.15, -0.1) is 0 Å². The van der Waals surface area contributed by atoms with Crippen LogP contribution in [0.3, 0.4) is 0 Å². The molecular formula is C11H10N6O3. The number of nitro groups is 1. The standard InChI is InChI=1S/C11H10N6O3/c1-16-5-4-7(13-16)6-12-8-2-3-9(17(18)19)11-10(8)14-20-15-11/h2-5,12H,6H2,1H3. The normalized spacial score (nSPS) is 10.8. The van der Waals surface area contributed by atoms with Crippen LogP contribution < -0.4 is 5.32 Å². The van der Waals surface area contributed by atoms with Gasteiger partial charge in [0.2, 0.25) is 5.52 Å². The molecule has 102 valence electrons. The van der Waals surface area contributed by atoms with Crippen LogP contribution >= 0.6 is 0 Å². The van der Waals surface area contributed by atoms with Crippen molar-refractivity contribution in [2.24, 2.45) is 7.05 Å². The van der Waals surface area contributed by atoms with E-state index in [0.29, 0.717) is 17.7 Å². The molecule has 0 aliphatic heterocycles. The van der Waals surface area contributed by atoms with Gasteiger partial charge in [-0.05, 0) is 22.4 Å². The van der Waals surface area contributed by atoms with Crippen LogP contribution in [0.4, 0.5) is 11.4 Å². The fourth-order valence-electron chi connectivity index (χ4n) is 1.89. The summed E-state index contributed by atoms with van der Waals surface area (Å²) < 4.78 is 6.28. The molecule has 20 heavy (non-hydrogen) atoms. The first-order valence-corrected chi connectivity index (χ1v) is 5.77. The second-order valence-electron chi connectivity index (χ2n) is 4.19. The average molecular weight is 274 g/mol. The minimum atomic E-state index is -0.519. The highest BCUT2D eigenvalue weighted by Gasteiger charge is 2.19. The number of aromatic nitrogens is 4. The fourth-order valence-corrected chi connectivity index (χ4v) is 1.89. The topological polar surface area (TPSA) is 112 Å². The summed E-state index contributed by atoms with van der Waals surface area (Å²) in [7, 11) is 1.83. The van der Waals surface area contributed by atoms with Crippen molar-refractivity contribution in [3.63, 3.8) is 0 Å². The molecule has 0 aliphatic rings. The van der Waals surface area contributed by atoms with E-state index in [1.54, 1.807) is 10.7 Å². The maximum Gasteiger partial charge on any atom is 0.300 e. The molecule has 3 aromatic rings. The van der Waals surface area contributed by atoms with Crippen LogP contribution in [0.1, 0.15) is 5.69 Å². The Bertz CT molecular complexity index is 777. The molecule has 0 atom stereocenters. The van der Waals surface area contributed by atoms with E-state index in [9.17, 15) is 10.1 Å². The third-order valence-electron chi connectivity index (χ3n) is 2.82. The molecule has 0 radical (unpaired) electrons. The molecule has 2 heterocycles. The molecule has 2 aromatic heterocycles. The van der Waals surface area contributed by atoms with Crippen molar-refractivity contribution in [1.29, 1.82) is 0 Å². The second kappa shape index (κ2) is 4.61. The number of hydrogen-bond donors (Lipinski definition) is 1. The van der Waals surface area contributed by atoms with Crippen molar-refractivity contribution < 1.29 is 9.55 Å². The van der Waals surface area contributed by atoms with E-state index in [1.807, 2.05) is 19.3 Å². The Kier molecular flexibility index (Phi) is 2.78. The lowest BCUT2D eigenvalue weighted by Crippen LogP contribution is -2.02. The van der Waals surface area contributed by atoms with Crippen LogP contribution in [-0.2, 0) is 13.6 Å². The molecule has 0 fully saturated rings. The van der Waals surface area contributed by atoms with E-state index in [2.05, 4.69) is 25.4 Å². The average Bonchev–Trinajstić information content (AvgIpc) is 3.04. The highest BCUT2D eigenvalue weighted by molar-refractivity contribution is 5.93. The molecule has 0 bridgehead atoms. The molecule has 0 spiro atoms. The van der Waals surface area contributed by atoms with Crippen molar-refractivity contribution in [3.8, 4) is 0 Å². The quantitative estimate of drug-likeness (QED) is 0.566. The predicted molar refractivity (Wildman–Crippen MR) is 69.0 cm³/mol. The predicted octanol–water partition coefficient (Wildman–Crippen LogP) is 1.48. The van der Waals surface area contributed by atoms with Gasteiger partial charge in [0.15, 0.2) is 5.52 Å². The van der Waals surface area contributed by atoms with Gasteiger partial charge < -0.3 is 5.32 Å². The molecule has 0 saturated carbocycles. The zero-order valence-corrected chi connectivity index (χ0v) is 10.5. The number of benzene rings is 1. The molecule has 3 rings (SSSR count). The summed E-state index contributed by atoms with van der Waals surface area (Å²) in [4.78, 5) is 10.4. The number of anilines is 1. The van der Waals surface area contributed by atoms with Gasteiger partial charge in [0.1, 0.15) is 0 Å². The van der Waals surface area contributed by atoms with Crippen LogP contribution in [-0.4, -0.2) is 25.0 Å². The first kappa shape index (κ1) is 12.1. The zero-order chi connectivity index (χ0) is 14.1. The fraction of sp³-hybridized carbons (Fsp3) is 0.182. The number of non-ortho nitro benzene ring substituents is 1. The van der Waals surface area contributed by atoms with Crippen molar-refractivity contribution >= 4 is 22.4 Å². The molecule has 0 saturated heterocycles. The third kappa shape index (κ3) is 2.05. The van der Waals surface area contributed by atoms with E-state index >= 15 is 0 Å². The number of fused-ring (bicyclic) bond motifs is 1. The van der Waals surface area contributed by atoms with Gasteiger partial charge in [-0.2, -0.15) is 5.10 Å². The van der Waals surface area contributed by atoms with Gasteiger partial charge in [-0.1, -0.05) is 0 Å². The summed E-state index contributed by atoms with van der Waals surface area (Å²) in [6.45, 7) is 0.473. The number of nitrogens with one attached hydrogen (secondary N) is 1.